The summed E-state index contributed by atoms with van der Waals surface area (Å²) in [5, 5.41) is 3.55. The quantitative estimate of drug-likeness (QED) is 0.735. The molecule has 0 unspecified atom stereocenters. The van der Waals surface area contributed by atoms with Crippen molar-refractivity contribution in [1.82, 2.24) is 0 Å². The Morgan fingerprint density at radius 1 is 1.15 bits per heavy atom. The summed E-state index contributed by atoms with van der Waals surface area (Å²) in [5.74, 6) is -0.328. The van der Waals surface area contributed by atoms with Crippen molar-refractivity contribution >= 4 is 56.4 Å². The minimum Gasteiger partial charge on any atom is -0.397 e. The summed E-state index contributed by atoms with van der Waals surface area (Å²) in [4.78, 5) is 12.2. The molecule has 0 spiro atoms. The van der Waals surface area contributed by atoms with Crippen LogP contribution < -0.4 is 11.1 Å². The maximum absolute atomic E-state index is 12.2. The normalized spacial score (nSPS) is 10.4. The van der Waals surface area contributed by atoms with Gasteiger partial charge in [0.1, 0.15) is 0 Å². The van der Waals surface area contributed by atoms with Crippen LogP contribution in [0.5, 0.6) is 0 Å². The smallest absolute Gasteiger partial charge is 0.255 e. The zero-order valence-electron chi connectivity index (χ0n) is 10.5. The van der Waals surface area contributed by atoms with Gasteiger partial charge in [0.15, 0.2) is 0 Å². The monoisotopic (exact) mass is 372 g/mol. The third kappa shape index (κ3) is 3.45. The summed E-state index contributed by atoms with van der Waals surface area (Å²) in [7, 11) is 0. The van der Waals surface area contributed by atoms with E-state index in [1.54, 1.807) is 24.3 Å². The van der Waals surface area contributed by atoms with E-state index in [9.17, 15) is 4.79 Å². The van der Waals surface area contributed by atoms with E-state index in [2.05, 4.69) is 21.2 Å². The van der Waals surface area contributed by atoms with Crippen LogP contribution in [0.15, 0.2) is 34.8 Å². The molecule has 1 amide bonds. The van der Waals surface area contributed by atoms with Gasteiger partial charge in [0.25, 0.3) is 5.91 Å². The van der Waals surface area contributed by atoms with Crippen molar-refractivity contribution < 1.29 is 4.79 Å². The number of benzene rings is 2. The molecule has 0 fully saturated rings. The molecular formula is C14H11BrCl2N2O. The summed E-state index contributed by atoms with van der Waals surface area (Å²) in [6, 6.07) is 8.31. The van der Waals surface area contributed by atoms with Crippen molar-refractivity contribution in [3.05, 3.63) is 56.0 Å². The molecule has 2 aromatic carbocycles. The van der Waals surface area contributed by atoms with E-state index >= 15 is 0 Å². The summed E-state index contributed by atoms with van der Waals surface area (Å²) < 4.78 is 0.719. The number of carbonyl (C=O) groups excluding carboxylic acids is 1. The van der Waals surface area contributed by atoms with E-state index in [0.717, 1.165) is 10.0 Å². The van der Waals surface area contributed by atoms with Crippen LogP contribution in [0.3, 0.4) is 0 Å². The number of hydrogen-bond donors (Lipinski definition) is 2. The number of nitrogen functional groups attached to an aromatic ring is 1. The molecule has 0 aromatic heterocycles. The van der Waals surface area contributed by atoms with Crippen LogP contribution in [0.2, 0.25) is 10.0 Å². The number of aryl methyl sites for hydroxylation is 1. The Morgan fingerprint density at radius 2 is 1.75 bits per heavy atom. The number of nitrogens with two attached hydrogens (primary N) is 1. The lowest BCUT2D eigenvalue weighted by Crippen LogP contribution is -2.14. The average Bonchev–Trinajstić information content (AvgIpc) is 2.32. The van der Waals surface area contributed by atoms with Gasteiger partial charge in [0, 0.05) is 20.1 Å². The van der Waals surface area contributed by atoms with E-state index < -0.39 is 0 Å². The van der Waals surface area contributed by atoms with E-state index in [4.69, 9.17) is 28.9 Å². The minimum absolute atomic E-state index is 0.328. The highest BCUT2D eigenvalue weighted by Crippen LogP contribution is 2.31. The zero-order chi connectivity index (χ0) is 14.9. The molecule has 104 valence electrons. The molecule has 2 aromatic rings. The molecule has 3 N–H and O–H groups in total. The molecule has 0 aliphatic rings. The molecule has 0 aliphatic heterocycles. The summed E-state index contributed by atoms with van der Waals surface area (Å²) >= 11 is 15.1. The van der Waals surface area contributed by atoms with Gasteiger partial charge in [-0.25, -0.2) is 0 Å². The number of anilines is 2. The third-order valence-corrected chi connectivity index (χ3v) is 3.69. The number of halogens is 3. The fourth-order valence-corrected chi connectivity index (χ4v) is 2.99. The van der Waals surface area contributed by atoms with Gasteiger partial charge in [0.05, 0.1) is 11.4 Å². The second-order valence-electron chi connectivity index (χ2n) is 4.32. The Morgan fingerprint density at radius 3 is 2.30 bits per heavy atom. The fraction of sp³-hybridized carbons (Fsp3) is 0.0714. The number of carbonyl (C=O) groups is 1. The van der Waals surface area contributed by atoms with Crippen LogP contribution in [0.4, 0.5) is 11.4 Å². The van der Waals surface area contributed by atoms with E-state index in [-0.39, 0.29) is 5.91 Å². The van der Waals surface area contributed by atoms with Crippen molar-refractivity contribution in [2.24, 2.45) is 0 Å². The van der Waals surface area contributed by atoms with Gasteiger partial charge in [0.2, 0.25) is 0 Å². The molecule has 0 bridgehead atoms. The van der Waals surface area contributed by atoms with Gasteiger partial charge >= 0.3 is 0 Å². The fourth-order valence-electron chi connectivity index (χ4n) is 1.77. The van der Waals surface area contributed by atoms with Gasteiger partial charge < -0.3 is 11.1 Å². The van der Waals surface area contributed by atoms with Crippen LogP contribution in [-0.2, 0) is 0 Å². The predicted molar refractivity (Wildman–Crippen MR) is 87.7 cm³/mol. The molecule has 0 saturated heterocycles. The van der Waals surface area contributed by atoms with Crippen molar-refractivity contribution in [2.75, 3.05) is 11.1 Å². The second kappa shape index (κ2) is 6.04. The van der Waals surface area contributed by atoms with Gasteiger partial charge in [-0.1, -0.05) is 23.2 Å². The molecule has 6 heteroatoms. The zero-order valence-corrected chi connectivity index (χ0v) is 13.6. The van der Waals surface area contributed by atoms with Crippen LogP contribution in [0.25, 0.3) is 0 Å². The highest BCUT2D eigenvalue weighted by Gasteiger charge is 2.12. The van der Waals surface area contributed by atoms with Crippen molar-refractivity contribution in [3.63, 3.8) is 0 Å². The molecule has 0 saturated carbocycles. The Bertz CT molecular complexity index is 646. The van der Waals surface area contributed by atoms with Crippen molar-refractivity contribution in [1.29, 1.82) is 0 Å². The molecule has 0 radical (unpaired) electrons. The van der Waals surface area contributed by atoms with Crippen molar-refractivity contribution in [3.8, 4) is 0 Å². The highest BCUT2D eigenvalue weighted by molar-refractivity contribution is 9.10. The van der Waals surface area contributed by atoms with Crippen molar-refractivity contribution in [2.45, 2.75) is 6.92 Å². The SMILES string of the molecule is Cc1cc(N)c(NC(=O)c2cc(Cl)cc(Cl)c2)c(Br)c1. The molecule has 20 heavy (non-hydrogen) atoms. The van der Waals surface area contributed by atoms with Crippen LogP contribution in [0.1, 0.15) is 15.9 Å². The number of nitrogens with one attached hydrogen (secondary N) is 1. The lowest BCUT2D eigenvalue weighted by Gasteiger charge is -2.12. The topological polar surface area (TPSA) is 55.1 Å². The average molecular weight is 374 g/mol. The summed E-state index contributed by atoms with van der Waals surface area (Å²) in [6.07, 6.45) is 0. The molecular weight excluding hydrogens is 363 g/mol. The molecule has 3 nitrogen and oxygen atoms in total. The highest BCUT2D eigenvalue weighted by atomic mass is 79.9. The van der Waals surface area contributed by atoms with Crippen LogP contribution in [-0.4, -0.2) is 5.91 Å². The lowest BCUT2D eigenvalue weighted by atomic mass is 10.1. The predicted octanol–water partition coefficient (Wildman–Crippen LogP) is 4.90. The summed E-state index contributed by atoms with van der Waals surface area (Å²) in [6.45, 7) is 1.92. The first-order chi connectivity index (χ1) is 9.36. The van der Waals surface area contributed by atoms with Gasteiger partial charge in [-0.05, 0) is 58.7 Å². The van der Waals surface area contributed by atoms with Crippen LogP contribution >= 0.6 is 39.1 Å². The first-order valence-corrected chi connectivity index (χ1v) is 7.25. The van der Waals surface area contributed by atoms with Crippen LogP contribution in [0, 0.1) is 6.92 Å². The second-order valence-corrected chi connectivity index (χ2v) is 6.05. The minimum atomic E-state index is -0.328. The Labute approximate surface area is 135 Å². The van der Waals surface area contributed by atoms with Gasteiger partial charge in [-0.15, -0.1) is 0 Å². The largest absolute Gasteiger partial charge is 0.397 e. The first kappa shape index (κ1) is 15.2. The molecule has 2 rings (SSSR count). The van der Waals surface area contributed by atoms with E-state index in [1.807, 2.05) is 13.0 Å². The first-order valence-electron chi connectivity index (χ1n) is 5.70. The molecule has 0 heterocycles. The Hall–Kier alpha value is -1.23. The number of rotatable bonds is 2. The number of amides is 1. The third-order valence-electron chi connectivity index (χ3n) is 2.63. The van der Waals surface area contributed by atoms with E-state index in [1.165, 1.54) is 0 Å². The maximum atomic E-state index is 12.2. The molecule has 0 atom stereocenters. The Kier molecular flexibility index (Phi) is 4.58. The summed E-state index contributed by atoms with van der Waals surface area (Å²) in [5.41, 5.74) is 8.29. The standard InChI is InChI=1S/C14H11BrCl2N2O/c1-7-2-11(15)13(12(18)3-7)19-14(20)8-4-9(16)6-10(17)5-8/h2-6H,18H2,1H3,(H,19,20). The van der Waals surface area contributed by atoms with E-state index in [0.29, 0.717) is 27.0 Å². The lowest BCUT2D eigenvalue weighted by molar-refractivity contribution is 0.102. The van der Waals surface area contributed by atoms with Gasteiger partial charge in [-0.2, -0.15) is 0 Å². The Balaban J connectivity index is 2.32. The van der Waals surface area contributed by atoms with Gasteiger partial charge in [-0.3, -0.25) is 4.79 Å². The molecule has 0 aliphatic carbocycles. The maximum Gasteiger partial charge on any atom is 0.255 e. The number of hydrogen-bond acceptors (Lipinski definition) is 2.